The summed E-state index contributed by atoms with van der Waals surface area (Å²) >= 11 is 0. The number of aliphatic hydroxyl groups is 2. The number of nitriles is 1. The Morgan fingerprint density at radius 2 is 1.53 bits per heavy atom. The molecule has 4 rings (SSSR count). The van der Waals surface area contributed by atoms with Gasteiger partial charge in [-0.15, -0.1) is 0 Å². The lowest BCUT2D eigenvalue weighted by Crippen LogP contribution is -2.41. The second kappa shape index (κ2) is 22.5. The largest absolute Gasteiger partial charge is 0.472 e. The van der Waals surface area contributed by atoms with Crippen molar-refractivity contribution >= 4 is 19.0 Å². The Hall–Kier alpha value is -2.85. The highest BCUT2D eigenvalue weighted by molar-refractivity contribution is 7.47. The predicted molar refractivity (Wildman–Crippen MR) is 205 cm³/mol. The molecule has 5 N–H and O–H groups in total. The summed E-state index contributed by atoms with van der Waals surface area (Å²) in [5.41, 5.74) is 5.90. The number of fused-ring (bicyclic) bond motifs is 1. The van der Waals surface area contributed by atoms with Crippen LogP contribution in [-0.2, 0) is 35.1 Å². The Labute approximate surface area is 315 Å². The predicted octanol–water partition coefficient (Wildman–Crippen LogP) is 7.78. The number of ether oxygens (including phenoxy) is 2. The first kappa shape index (κ1) is 42.9. The van der Waals surface area contributed by atoms with Crippen molar-refractivity contribution in [2.75, 3.05) is 25.6 Å². The number of phosphoric acid groups is 1. The first-order chi connectivity index (χ1) is 25.7. The number of benzene rings is 1. The van der Waals surface area contributed by atoms with E-state index in [2.05, 4.69) is 12.0 Å². The molecule has 1 aliphatic rings. The summed E-state index contributed by atoms with van der Waals surface area (Å²) in [5, 5.41) is 36.2. The standard InChI is InChI=1S/C40H61N4O8P/c1-2-3-4-5-6-7-8-9-10-11-12-13-14-15-16-20-27-49-29-33(28-32-21-18-17-19-22-32)52-53(47,48)50-30-36-38(45)39(46)40(31-41,51-36)37-24-23-35-34(42)25-26-43-44(35)37/h17-19,21-26,33,36,38-39,45-46H,2-16,20,27-30,42H2,1H3,(H,47,48)/t33-,36+,38+,39+,40-/m0/s1. The van der Waals surface area contributed by atoms with E-state index in [0.29, 0.717) is 24.2 Å². The van der Waals surface area contributed by atoms with Crippen molar-refractivity contribution < 1.29 is 38.2 Å². The second-order valence-corrected chi connectivity index (χ2v) is 15.7. The molecule has 0 aliphatic carbocycles. The summed E-state index contributed by atoms with van der Waals surface area (Å²) in [6.07, 6.45) is 16.9. The molecule has 3 aromatic rings. The molecule has 1 aromatic carbocycles. The maximum atomic E-state index is 13.2. The molecule has 1 fully saturated rings. The average molecular weight is 757 g/mol. The van der Waals surface area contributed by atoms with Crippen LogP contribution in [0, 0.1) is 11.3 Å². The molecule has 0 amide bonds. The van der Waals surface area contributed by atoms with E-state index in [1.807, 2.05) is 36.4 Å². The molecule has 6 atom stereocenters. The number of nitrogen functional groups attached to an aromatic ring is 1. The van der Waals surface area contributed by atoms with Crippen LogP contribution in [0.5, 0.6) is 0 Å². The first-order valence-corrected chi connectivity index (χ1v) is 21.2. The van der Waals surface area contributed by atoms with E-state index in [0.717, 1.165) is 24.8 Å². The molecule has 1 saturated heterocycles. The Morgan fingerprint density at radius 1 is 0.925 bits per heavy atom. The molecular formula is C40H61N4O8P. The van der Waals surface area contributed by atoms with Gasteiger partial charge in [-0.25, -0.2) is 9.08 Å². The van der Waals surface area contributed by atoms with Gasteiger partial charge in [0.05, 0.1) is 36.2 Å². The SMILES string of the molecule is CCCCCCCCCCCCCCCCCCOC[C@H](Cc1ccccc1)OP(=O)(O)OC[C@H]1O[C@@](C#N)(c2ccc3c(N)ccnn23)[C@H](O)[C@@H]1O. The van der Waals surface area contributed by atoms with Crippen LogP contribution in [0.2, 0.25) is 0 Å². The van der Waals surface area contributed by atoms with Gasteiger partial charge in [0.15, 0.2) is 0 Å². The summed E-state index contributed by atoms with van der Waals surface area (Å²) in [7, 11) is -4.70. The van der Waals surface area contributed by atoms with E-state index in [4.69, 9.17) is 24.3 Å². The number of hydrogen-bond donors (Lipinski definition) is 4. The first-order valence-electron chi connectivity index (χ1n) is 19.7. The third-order valence-corrected chi connectivity index (χ3v) is 11.1. The number of phosphoric ester groups is 1. The smallest absolute Gasteiger partial charge is 0.397 e. The van der Waals surface area contributed by atoms with Gasteiger partial charge in [0.25, 0.3) is 0 Å². The van der Waals surface area contributed by atoms with E-state index >= 15 is 0 Å². The number of unbranched alkanes of at least 4 members (excludes halogenated alkanes) is 15. The fourth-order valence-electron chi connectivity index (χ4n) is 6.99. The molecule has 2 aromatic heterocycles. The van der Waals surface area contributed by atoms with Gasteiger partial charge in [0.1, 0.15) is 24.4 Å². The number of hydrogen-bond acceptors (Lipinski definition) is 10. The number of aromatic nitrogens is 2. The van der Waals surface area contributed by atoms with Crippen molar-refractivity contribution in [3.8, 4) is 6.07 Å². The van der Waals surface area contributed by atoms with Crippen LogP contribution >= 0.6 is 7.82 Å². The zero-order valence-electron chi connectivity index (χ0n) is 31.4. The summed E-state index contributed by atoms with van der Waals surface area (Å²) < 4.78 is 37.2. The molecule has 0 radical (unpaired) electrons. The monoisotopic (exact) mass is 756 g/mol. The highest BCUT2D eigenvalue weighted by Gasteiger charge is 2.58. The molecule has 0 spiro atoms. The Bertz CT molecular complexity index is 1570. The quantitative estimate of drug-likeness (QED) is 0.0440. The Kier molecular flexibility index (Phi) is 18.2. The van der Waals surface area contributed by atoms with Crippen molar-refractivity contribution in [2.24, 2.45) is 0 Å². The van der Waals surface area contributed by atoms with Gasteiger partial charge in [0, 0.05) is 19.2 Å². The molecule has 12 nitrogen and oxygen atoms in total. The number of aliphatic hydroxyl groups excluding tert-OH is 2. The van der Waals surface area contributed by atoms with Crippen molar-refractivity contribution in [1.29, 1.82) is 5.26 Å². The zero-order valence-corrected chi connectivity index (χ0v) is 32.3. The van der Waals surface area contributed by atoms with Gasteiger partial charge in [-0.2, -0.15) is 10.4 Å². The molecule has 3 heterocycles. The minimum absolute atomic E-state index is 0.0811. The molecule has 0 bridgehead atoms. The van der Waals surface area contributed by atoms with Crippen molar-refractivity contribution in [2.45, 2.75) is 146 Å². The van der Waals surface area contributed by atoms with E-state index in [9.17, 15) is 24.9 Å². The molecule has 294 valence electrons. The Balaban J connectivity index is 1.17. The minimum Gasteiger partial charge on any atom is -0.397 e. The van der Waals surface area contributed by atoms with Crippen LogP contribution in [-0.4, -0.2) is 69.0 Å². The zero-order chi connectivity index (χ0) is 37.9. The third kappa shape index (κ3) is 13.2. The van der Waals surface area contributed by atoms with Crippen LogP contribution in [0.3, 0.4) is 0 Å². The minimum atomic E-state index is -4.70. The Morgan fingerprint density at radius 3 is 2.13 bits per heavy atom. The van der Waals surface area contributed by atoms with Crippen molar-refractivity contribution in [1.82, 2.24) is 9.61 Å². The van der Waals surface area contributed by atoms with Gasteiger partial charge < -0.3 is 30.3 Å². The normalized spacial score (nSPS) is 21.8. The van der Waals surface area contributed by atoms with Gasteiger partial charge in [-0.1, -0.05) is 134 Å². The highest BCUT2D eigenvalue weighted by Crippen LogP contribution is 2.47. The van der Waals surface area contributed by atoms with E-state index in [1.165, 1.54) is 100 Å². The molecule has 0 saturated carbocycles. The van der Waals surface area contributed by atoms with Crippen molar-refractivity contribution in [3.63, 3.8) is 0 Å². The van der Waals surface area contributed by atoms with Crippen LogP contribution < -0.4 is 5.73 Å². The number of anilines is 1. The summed E-state index contributed by atoms with van der Waals surface area (Å²) in [5.74, 6) is 0. The lowest BCUT2D eigenvalue weighted by atomic mass is 9.92. The van der Waals surface area contributed by atoms with E-state index in [-0.39, 0.29) is 12.3 Å². The molecule has 1 unspecified atom stereocenters. The highest BCUT2D eigenvalue weighted by atomic mass is 31.2. The van der Waals surface area contributed by atoms with Crippen LogP contribution in [0.25, 0.3) is 5.52 Å². The lowest BCUT2D eigenvalue weighted by Gasteiger charge is -2.24. The molecular weight excluding hydrogens is 695 g/mol. The maximum Gasteiger partial charge on any atom is 0.472 e. The number of rotatable bonds is 27. The summed E-state index contributed by atoms with van der Waals surface area (Å²) in [6, 6.07) is 16.1. The lowest BCUT2D eigenvalue weighted by molar-refractivity contribution is -0.0661. The second-order valence-electron chi connectivity index (χ2n) is 14.3. The van der Waals surface area contributed by atoms with E-state index in [1.54, 1.807) is 12.1 Å². The van der Waals surface area contributed by atoms with Crippen molar-refractivity contribution in [3.05, 3.63) is 66.0 Å². The summed E-state index contributed by atoms with van der Waals surface area (Å²) in [4.78, 5) is 10.7. The topological polar surface area (TPSA) is 182 Å². The van der Waals surface area contributed by atoms with Gasteiger partial charge in [-0.05, 0) is 30.2 Å². The summed E-state index contributed by atoms with van der Waals surface area (Å²) in [6.45, 7) is 2.22. The van der Waals surface area contributed by atoms with E-state index < -0.39 is 44.4 Å². The van der Waals surface area contributed by atoms with Gasteiger partial charge >= 0.3 is 7.82 Å². The maximum absolute atomic E-state index is 13.2. The van der Waals surface area contributed by atoms with Gasteiger partial charge in [-0.3, -0.25) is 9.05 Å². The fraction of sp³-hybridized carbons (Fsp3) is 0.650. The molecule has 13 heteroatoms. The fourth-order valence-corrected chi connectivity index (χ4v) is 7.90. The average Bonchev–Trinajstić information content (AvgIpc) is 3.70. The van der Waals surface area contributed by atoms with Crippen LogP contribution in [0.4, 0.5) is 5.69 Å². The number of nitrogens with two attached hydrogens (primary N) is 1. The number of nitrogens with zero attached hydrogens (tertiary/aromatic N) is 3. The molecule has 1 aliphatic heterocycles. The third-order valence-electron chi connectivity index (χ3n) is 10.0. The van der Waals surface area contributed by atoms with Crippen LogP contribution in [0.15, 0.2) is 54.7 Å². The molecule has 53 heavy (non-hydrogen) atoms. The van der Waals surface area contributed by atoms with Gasteiger partial charge in [0.2, 0.25) is 5.60 Å². The van der Waals surface area contributed by atoms with Crippen LogP contribution in [0.1, 0.15) is 121 Å².